The van der Waals surface area contributed by atoms with Crippen molar-refractivity contribution in [1.29, 1.82) is 0 Å². The molecule has 0 atom stereocenters. The zero-order valence-corrected chi connectivity index (χ0v) is 7.70. The van der Waals surface area contributed by atoms with E-state index < -0.39 is 0 Å². The van der Waals surface area contributed by atoms with Crippen molar-refractivity contribution in [2.75, 3.05) is 0 Å². The van der Waals surface area contributed by atoms with Gasteiger partial charge in [-0.25, -0.2) is 4.99 Å². The highest BCUT2D eigenvalue weighted by molar-refractivity contribution is 14.1. The van der Waals surface area contributed by atoms with E-state index in [2.05, 4.69) is 4.99 Å². The molecule has 0 radical (unpaired) electrons. The Morgan fingerprint density at radius 3 is 2.73 bits per heavy atom. The lowest BCUT2D eigenvalue weighted by Crippen LogP contribution is -2.20. The molecule has 0 fully saturated rings. The minimum Gasteiger partial charge on any atom is -0.266 e. The highest BCUT2D eigenvalue weighted by atomic mass is 127. The van der Waals surface area contributed by atoms with Gasteiger partial charge in [0, 0.05) is 5.22 Å². The fourth-order valence-electron chi connectivity index (χ4n) is 1.03. The Bertz CT molecular complexity index is 436. The standard InChI is InChI=1S/C8H4INO/c9-7-5-3-1-2-4-6(5)10-8(7)11/h1-4H. The Balaban J connectivity index is 3.00. The highest BCUT2D eigenvalue weighted by Crippen LogP contribution is 2.08. The molecule has 0 saturated carbocycles. The maximum atomic E-state index is 11.0. The maximum Gasteiger partial charge on any atom is 0.284 e. The van der Waals surface area contributed by atoms with Gasteiger partial charge in [0.25, 0.3) is 5.91 Å². The SMILES string of the molecule is O=C1N=c2ccccc2=C1I. The second-order valence-corrected chi connectivity index (χ2v) is 3.33. The summed E-state index contributed by atoms with van der Waals surface area (Å²) in [5.74, 6) is -0.119. The summed E-state index contributed by atoms with van der Waals surface area (Å²) in [6.07, 6.45) is 0. The third-order valence-electron chi connectivity index (χ3n) is 1.55. The summed E-state index contributed by atoms with van der Waals surface area (Å²) in [5.41, 5.74) is 0. The molecule has 1 aromatic rings. The van der Waals surface area contributed by atoms with E-state index in [9.17, 15) is 4.79 Å². The normalized spacial score (nSPS) is 14.6. The van der Waals surface area contributed by atoms with Crippen LogP contribution in [0, 0.1) is 0 Å². The van der Waals surface area contributed by atoms with Gasteiger partial charge < -0.3 is 0 Å². The Morgan fingerprint density at radius 2 is 2.00 bits per heavy atom. The Morgan fingerprint density at radius 1 is 1.27 bits per heavy atom. The van der Waals surface area contributed by atoms with Crippen LogP contribution in [0.25, 0.3) is 3.58 Å². The first-order valence-corrected chi connectivity index (χ1v) is 4.25. The van der Waals surface area contributed by atoms with Gasteiger partial charge in [0.1, 0.15) is 0 Å². The van der Waals surface area contributed by atoms with Crippen LogP contribution in [0.1, 0.15) is 0 Å². The molecule has 2 nitrogen and oxygen atoms in total. The molecule has 3 heteroatoms. The molecule has 1 aliphatic rings. The van der Waals surface area contributed by atoms with E-state index in [0.717, 1.165) is 14.2 Å². The van der Waals surface area contributed by atoms with E-state index in [1.165, 1.54) is 0 Å². The summed E-state index contributed by atoms with van der Waals surface area (Å²) in [6.45, 7) is 0. The molecule has 0 aromatic heterocycles. The average molecular weight is 257 g/mol. The van der Waals surface area contributed by atoms with Crippen LogP contribution in [-0.2, 0) is 4.79 Å². The Kier molecular flexibility index (Phi) is 1.52. The molecule has 1 amide bonds. The molecule has 0 spiro atoms. The smallest absolute Gasteiger partial charge is 0.266 e. The minimum atomic E-state index is -0.119. The van der Waals surface area contributed by atoms with E-state index in [1.54, 1.807) is 0 Å². The number of halogens is 1. The van der Waals surface area contributed by atoms with Crippen molar-refractivity contribution in [2.24, 2.45) is 4.99 Å². The molecule has 0 N–H and O–H groups in total. The van der Waals surface area contributed by atoms with Gasteiger partial charge in [0.15, 0.2) is 0 Å². The second kappa shape index (κ2) is 2.41. The molecule has 0 unspecified atom stereocenters. The van der Waals surface area contributed by atoms with Crippen molar-refractivity contribution >= 4 is 32.1 Å². The van der Waals surface area contributed by atoms with E-state index in [4.69, 9.17) is 0 Å². The fraction of sp³-hybridized carbons (Fsp3) is 0. The average Bonchev–Trinajstić information content (AvgIpc) is 2.30. The fourth-order valence-corrected chi connectivity index (χ4v) is 1.61. The zero-order chi connectivity index (χ0) is 7.84. The number of nitrogens with zero attached hydrogens (tertiary/aromatic N) is 1. The van der Waals surface area contributed by atoms with Gasteiger partial charge >= 0.3 is 0 Å². The quantitative estimate of drug-likeness (QED) is 0.618. The Labute approximate surface area is 76.8 Å². The monoisotopic (exact) mass is 257 g/mol. The lowest BCUT2D eigenvalue weighted by molar-refractivity contribution is -0.112. The molecule has 1 heterocycles. The number of para-hydroxylation sites is 1. The van der Waals surface area contributed by atoms with Crippen LogP contribution in [0.3, 0.4) is 0 Å². The molecular formula is C8H4INO. The maximum absolute atomic E-state index is 11.0. The van der Waals surface area contributed by atoms with E-state index >= 15 is 0 Å². The van der Waals surface area contributed by atoms with Crippen molar-refractivity contribution in [3.8, 4) is 0 Å². The lowest BCUT2D eigenvalue weighted by Gasteiger charge is -1.81. The number of carbonyl (C=O) groups excluding carboxylic acids is 1. The van der Waals surface area contributed by atoms with E-state index in [-0.39, 0.29) is 5.91 Å². The van der Waals surface area contributed by atoms with Gasteiger partial charge in [-0.15, -0.1) is 0 Å². The molecule has 11 heavy (non-hydrogen) atoms. The summed E-state index contributed by atoms with van der Waals surface area (Å²) >= 11 is 2.02. The van der Waals surface area contributed by atoms with Crippen molar-refractivity contribution < 1.29 is 4.79 Å². The summed E-state index contributed by atoms with van der Waals surface area (Å²) in [6, 6.07) is 7.54. The number of carbonyl (C=O) groups is 1. The molecule has 54 valence electrons. The van der Waals surface area contributed by atoms with Gasteiger partial charge in [0.05, 0.1) is 8.94 Å². The molecule has 2 rings (SSSR count). The van der Waals surface area contributed by atoms with Gasteiger partial charge in [-0.1, -0.05) is 18.2 Å². The zero-order valence-electron chi connectivity index (χ0n) is 5.54. The summed E-state index contributed by atoms with van der Waals surface area (Å²) in [7, 11) is 0. The van der Waals surface area contributed by atoms with Crippen molar-refractivity contribution in [2.45, 2.75) is 0 Å². The van der Waals surface area contributed by atoms with Crippen LogP contribution >= 0.6 is 22.6 Å². The summed E-state index contributed by atoms with van der Waals surface area (Å²) in [4.78, 5) is 14.9. The van der Waals surface area contributed by atoms with Crippen LogP contribution in [-0.4, -0.2) is 5.91 Å². The summed E-state index contributed by atoms with van der Waals surface area (Å²) < 4.78 is 0.721. The number of rotatable bonds is 0. The van der Waals surface area contributed by atoms with Gasteiger partial charge in [-0.05, 0) is 28.7 Å². The molecule has 1 aromatic carbocycles. The Hall–Kier alpha value is -0.710. The van der Waals surface area contributed by atoms with Gasteiger partial charge in [-0.2, -0.15) is 0 Å². The predicted octanol–water partition coefficient (Wildman–Crippen LogP) is 0.390. The number of fused-ring (bicyclic) bond motifs is 1. The van der Waals surface area contributed by atoms with Crippen LogP contribution in [0.2, 0.25) is 0 Å². The third kappa shape index (κ3) is 0.994. The second-order valence-electron chi connectivity index (χ2n) is 2.25. The predicted molar refractivity (Wildman–Crippen MR) is 49.7 cm³/mol. The topological polar surface area (TPSA) is 29.4 Å². The number of hydrogen-bond donors (Lipinski definition) is 0. The first-order valence-electron chi connectivity index (χ1n) is 3.17. The number of hydrogen-bond acceptors (Lipinski definition) is 1. The molecule has 0 bridgehead atoms. The van der Waals surface area contributed by atoms with Crippen LogP contribution in [0.15, 0.2) is 29.3 Å². The van der Waals surface area contributed by atoms with Crippen molar-refractivity contribution in [3.05, 3.63) is 34.8 Å². The first-order chi connectivity index (χ1) is 5.29. The number of amides is 1. The third-order valence-corrected chi connectivity index (χ3v) is 2.59. The number of benzene rings is 1. The largest absolute Gasteiger partial charge is 0.284 e. The molecule has 1 aliphatic heterocycles. The van der Waals surface area contributed by atoms with Crippen LogP contribution in [0.5, 0.6) is 0 Å². The molecular weight excluding hydrogens is 253 g/mol. The lowest BCUT2D eigenvalue weighted by atomic mass is 10.3. The molecule has 0 aliphatic carbocycles. The first kappa shape index (κ1) is 6.97. The highest BCUT2D eigenvalue weighted by Gasteiger charge is 2.11. The van der Waals surface area contributed by atoms with Crippen molar-refractivity contribution in [1.82, 2.24) is 0 Å². The van der Waals surface area contributed by atoms with Crippen molar-refractivity contribution in [3.63, 3.8) is 0 Å². The molecule has 0 saturated heterocycles. The van der Waals surface area contributed by atoms with E-state index in [1.807, 2.05) is 46.9 Å². The summed E-state index contributed by atoms with van der Waals surface area (Å²) in [5, 5.41) is 1.75. The van der Waals surface area contributed by atoms with E-state index in [0.29, 0.717) is 0 Å². The minimum absolute atomic E-state index is 0.119. The van der Waals surface area contributed by atoms with Crippen LogP contribution in [0.4, 0.5) is 0 Å². The van der Waals surface area contributed by atoms with Gasteiger partial charge in [-0.3, -0.25) is 4.79 Å². The van der Waals surface area contributed by atoms with Crippen LogP contribution < -0.4 is 10.6 Å². The van der Waals surface area contributed by atoms with Gasteiger partial charge in [0.2, 0.25) is 0 Å².